The molecule has 0 aliphatic carbocycles. The third-order valence-electron chi connectivity index (χ3n) is 1.21. The van der Waals surface area contributed by atoms with Gasteiger partial charge in [0.05, 0.1) is 0 Å². The molecule has 0 bridgehead atoms. The molecule has 6 nitrogen and oxygen atoms in total. The number of nitrogens with one attached hydrogen (secondary N) is 2. The van der Waals surface area contributed by atoms with E-state index in [0.717, 1.165) is 0 Å². The molecular formula is C6H17N3O3P2. The summed E-state index contributed by atoms with van der Waals surface area (Å²) >= 11 is 0. The van der Waals surface area contributed by atoms with E-state index in [1.54, 1.807) is 20.8 Å². The van der Waals surface area contributed by atoms with Gasteiger partial charge in [-0.15, -0.1) is 0 Å². The van der Waals surface area contributed by atoms with Crippen LogP contribution < -0.4 is 15.8 Å². The van der Waals surface area contributed by atoms with Crippen LogP contribution in [-0.4, -0.2) is 5.54 Å². The smallest absolute Gasteiger partial charge is 0.190 e. The highest BCUT2D eigenvalue weighted by atomic mass is 32.0. The molecule has 0 saturated heterocycles. The maximum Gasteiger partial charge on any atom is 0.190 e. The molecule has 0 heterocycles. The average molecular weight is 241 g/mol. The Bertz CT molecular complexity index is 197. The normalized spacial score (nSPS) is 18.1. The molecule has 0 fully saturated rings. The van der Waals surface area contributed by atoms with Crippen LogP contribution >= 0.6 is 16.9 Å². The first-order valence-corrected chi connectivity index (χ1v) is 6.87. The van der Waals surface area contributed by atoms with Gasteiger partial charge in [-0.1, -0.05) is 0 Å². The summed E-state index contributed by atoms with van der Waals surface area (Å²) in [6, 6.07) is 0. The lowest BCUT2D eigenvalue weighted by atomic mass is 10.1. The monoisotopic (exact) mass is 241 g/mol. The SMILES string of the molecule is C=C(N)[NH+]([O-])PPO[NH+]([O-])C(C)(C)C. The fourth-order valence-corrected chi connectivity index (χ4v) is 2.25. The summed E-state index contributed by atoms with van der Waals surface area (Å²) in [6.07, 6.45) is 0. The van der Waals surface area contributed by atoms with Crippen LogP contribution in [0.25, 0.3) is 0 Å². The Hall–Kier alpha value is 0.200. The molecule has 0 aromatic carbocycles. The lowest BCUT2D eigenvalue weighted by molar-refractivity contribution is -1.06. The summed E-state index contributed by atoms with van der Waals surface area (Å²) in [7, 11) is -0.273. The minimum Gasteiger partial charge on any atom is -0.627 e. The van der Waals surface area contributed by atoms with Crippen LogP contribution in [0.1, 0.15) is 20.8 Å². The minimum atomic E-state index is -0.528. The van der Waals surface area contributed by atoms with Gasteiger partial charge in [0.15, 0.2) is 14.3 Å². The Kier molecular flexibility index (Phi) is 6.02. The lowest BCUT2D eigenvalue weighted by Gasteiger charge is -2.32. The molecule has 4 N–H and O–H groups in total. The Balaban J connectivity index is 3.70. The third kappa shape index (κ3) is 5.83. The Labute approximate surface area is 87.2 Å². The summed E-state index contributed by atoms with van der Waals surface area (Å²) in [4.78, 5) is -0.245. The Morgan fingerprint density at radius 1 is 1.43 bits per heavy atom. The van der Waals surface area contributed by atoms with Crippen molar-refractivity contribution in [2.24, 2.45) is 5.73 Å². The van der Waals surface area contributed by atoms with E-state index >= 15 is 0 Å². The Morgan fingerprint density at radius 3 is 2.29 bits per heavy atom. The first-order valence-electron chi connectivity index (χ1n) is 3.96. The maximum atomic E-state index is 11.2. The first-order chi connectivity index (χ1) is 6.25. The second-order valence-corrected chi connectivity index (χ2v) is 6.20. The highest BCUT2D eigenvalue weighted by Crippen LogP contribution is 2.28. The van der Waals surface area contributed by atoms with E-state index < -0.39 is 5.54 Å². The van der Waals surface area contributed by atoms with Crippen molar-refractivity contribution < 1.29 is 14.7 Å². The summed E-state index contributed by atoms with van der Waals surface area (Å²) < 4.78 is 4.91. The van der Waals surface area contributed by atoms with Crippen LogP contribution in [-0.2, 0) is 4.62 Å². The molecular weight excluding hydrogens is 224 g/mol. The quantitative estimate of drug-likeness (QED) is 0.426. The molecule has 0 spiro atoms. The second-order valence-electron chi connectivity index (χ2n) is 3.72. The van der Waals surface area contributed by atoms with Crippen molar-refractivity contribution in [1.82, 2.24) is 0 Å². The number of hydrogen-bond donors (Lipinski definition) is 3. The van der Waals surface area contributed by atoms with Crippen molar-refractivity contribution in [3.63, 3.8) is 0 Å². The first kappa shape index (κ1) is 14.2. The van der Waals surface area contributed by atoms with Crippen molar-refractivity contribution in [3.05, 3.63) is 22.8 Å². The predicted octanol–water partition coefficient (Wildman–Crippen LogP) is -0.986. The van der Waals surface area contributed by atoms with Crippen molar-refractivity contribution >= 4 is 16.9 Å². The maximum absolute atomic E-state index is 11.2. The molecule has 84 valence electrons. The molecule has 14 heavy (non-hydrogen) atoms. The van der Waals surface area contributed by atoms with Gasteiger partial charge >= 0.3 is 0 Å². The van der Waals surface area contributed by atoms with Crippen LogP contribution in [0.15, 0.2) is 12.4 Å². The zero-order valence-electron chi connectivity index (χ0n) is 8.51. The van der Waals surface area contributed by atoms with Crippen LogP contribution in [0.5, 0.6) is 0 Å². The second kappa shape index (κ2) is 5.93. The van der Waals surface area contributed by atoms with E-state index in [1.807, 2.05) is 0 Å². The van der Waals surface area contributed by atoms with Crippen LogP contribution in [0, 0.1) is 10.4 Å². The van der Waals surface area contributed by atoms with Gasteiger partial charge in [-0.25, -0.2) is 5.23 Å². The zero-order chi connectivity index (χ0) is 11.4. The summed E-state index contributed by atoms with van der Waals surface area (Å²) in [5, 5.41) is 21.9. The van der Waals surface area contributed by atoms with Crippen LogP contribution in [0.2, 0.25) is 0 Å². The molecule has 0 saturated carbocycles. The molecule has 8 heteroatoms. The summed E-state index contributed by atoms with van der Waals surface area (Å²) in [5.41, 5.74) is 4.64. The molecule has 0 aromatic heterocycles. The summed E-state index contributed by atoms with van der Waals surface area (Å²) in [6.45, 7) is 8.57. The standard InChI is InChI=1S/C6H17N3O3P2/c1-5(7)8(10)13-14-12-9(11)6(2,3)4/h8-9,13-14H,1,7H2,2-4H3. The van der Waals surface area contributed by atoms with Gasteiger partial charge in [-0.3, -0.25) is 0 Å². The highest BCUT2D eigenvalue weighted by molar-refractivity contribution is 8.06. The fraction of sp³-hybridized carbons (Fsp3) is 0.667. The number of rotatable bonds is 5. The van der Waals surface area contributed by atoms with Gasteiger partial charge in [-0.05, 0) is 27.4 Å². The van der Waals surface area contributed by atoms with Gasteiger partial charge < -0.3 is 21.0 Å². The van der Waals surface area contributed by atoms with Crippen LogP contribution in [0.4, 0.5) is 0 Å². The van der Waals surface area contributed by atoms with E-state index in [1.165, 1.54) is 0 Å². The fourth-order valence-electron chi connectivity index (χ4n) is 0.352. The summed E-state index contributed by atoms with van der Waals surface area (Å²) in [5.74, 6) is 0.0163. The van der Waals surface area contributed by atoms with Gasteiger partial charge in [0, 0.05) is 0 Å². The largest absolute Gasteiger partial charge is 0.627 e. The molecule has 4 unspecified atom stereocenters. The van der Waals surface area contributed by atoms with E-state index in [0.29, 0.717) is 0 Å². The van der Waals surface area contributed by atoms with Crippen molar-refractivity contribution in [2.75, 3.05) is 0 Å². The van der Waals surface area contributed by atoms with Crippen molar-refractivity contribution in [2.45, 2.75) is 26.3 Å². The number of hydrogen-bond acceptors (Lipinski definition) is 4. The third-order valence-corrected chi connectivity index (χ3v) is 3.44. The number of hydroxylamine groups is 3. The molecule has 0 radical (unpaired) electrons. The number of nitrogens with two attached hydrogens (primary N) is 1. The van der Waals surface area contributed by atoms with Gasteiger partial charge in [-0.2, -0.15) is 4.62 Å². The van der Waals surface area contributed by atoms with E-state index in [4.69, 9.17) is 10.4 Å². The molecule has 4 atom stereocenters. The average Bonchev–Trinajstić information content (AvgIpc) is 2.01. The molecule has 0 aliphatic heterocycles. The van der Waals surface area contributed by atoms with Gasteiger partial charge in [0.2, 0.25) is 0 Å². The van der Waals surface area contributed by atoms with E-state index in [2.05, 4.69) is 6.58 Å². The minimum absolute atomic E-state index is 0.0163. The topological polar surface area (TPSA) is 90.2 Å². The van der Waals surface area contributed by atoms with Gasteiger partial charge in [0.25, 0.3) is 0 Å². The van der Waals surface area contributed by atoms with Crippen molar-refractivity contribution in [3.8, 4) is 0 Å². The lowest BCUT2D eigenvalue weighted by Crippen LogP contribution is -3.13. The molecule has 0 aliphatic rings. The molecule has 0 amide bonds. The zero-order valence-corrected chi connectivity index (χ0v) is 10.5. The van der Waals surface area contributed by atoms with E-state index in [-0.39, 0.29) is 32.8 Å². The molecule has 0 aromatic rings. The van der Waals surface area contributed by atoms with Gasteiger partial charge in [0.1, 0.15) is 14.0 Å². The Morgan fingerprint density at radius 2 is 1.93 bits per heavy atom. The van der Waals surface area contributed by atoms with Crippen LogP contribution in [0.3, 0.4) is 0 Å². The van der Waals surface area contributed by atoms with E-state index in [9.17, 15) is 10.4 Å². The molecule has 0 rings (SSSR count). The van der Waals surface area contributed by atoms with Crippen molar-refractivity contribution in [1.29, 1.82) is 0 Å². The predicted molar refractivity (Wildman–Crippen MR) is 59.5 cm³/mol. The highest BCUT2D eigenvalue weighted by Gasteiger charge is 2.20. The number of quaternary nitrogens is 2.